The minimum absolute atomic E-state index is 0.135. The summed E-state index contributed by atoms with van der Waals surface area (Å²) in [6.45, 7) is 3.53. The van der Waals surface area contributed by atoms with E-state index < -0.39 is 0 Å². The molecule has 1 saturated heterocycles. The van der Waals surface area contributed by atoms with Crippen molar-refractivity contribution in [2.75, 3.05) is 26.2 Å². The Morgan fingerprint density at radius 1 is 1.12 bits per heavy atom. The van der Waals surface area contributed by atoms with Gasteiger partial charge in [-0.3, -0.25) is 14.5 Å². The van der Waals surface area contributed by atoms with E-state index >= 15 is 0 Å². The van der Waals surface area contributed by atoms with Crippen LogP contribution in [0.2, 0.25) is 0 Å². The standard InChI is InChI=1S/C18H20N6O2/c1-22-17(25)7-6-15(21-22)18(26)24-10-8-23(9-11-24)12-16-19-13-4-2-3-5-14(13)20-16/h2-7H,8-12H2,1H3,(H,19,20). The number of aryl methyl sites for hydroxylation is 1. The highest BCUT2D eigenvalue weighted by Crippen LogP contribution is 2.13. The first-order chi connectivity index (χ1) is 12.6. The molecule has 0 saturated carbocycles. The third kappa shape index (κ3) is 3.23. The Bertz CT molecular complexity index is 967. The maximum Gasteiger partial charge on any atom is 0.274 e. The molecule has 26 heavy (non-hydrogen) atoms. The first-order valence-electron chi connectivity index (χ1n) is 8.60. The first kappa shape index (κ1) is 16.5. The molecule has 0 radical (unpaired) electrons. The van der Waals surface area contributed by atoms with Crippen molar-refractivity contribution in [2.24, 2.45) is 7.05 Å². The molecular weight excluding hydrogens is 332 g/mol. The fourth-order valence-corrected chi connectivity index (χ4v) is 3.18. The van der Waals surface area contributed by atoms with Gasteiger partial charge in [0.15, 0.2) is 0 Å². The van der Waals surface area contributed by atoms with Crippen LogP contribution in [0.3, 0.4) is 0 Å². The molecule has 3 aromatic rings. The Hall–Kier alpha value is -3.00. The smallest absolute Gasteiger partial charge is 0.274 e. The number of H-pyrrole nitrogens is 1. The fraction of sp³-hybridized carbons (Fsp3) is 0.333. The number of fused-ring (bicyclic) bond motifs is 1. The summed E-state index contributed by atoms with van der Waals surface area (Å²) >= 11 is 0. The number of aromatic nitrogens is 4. The minimum atomic E-state index is -0.225. The molecule has 1 aliphatic rings. The number of para-hydroxylation sites is 2. The van der Waals surface area contributed by atoms with Gasteiger partial charge in [0.2, 0.25) is 0 Å². The van der Waals surface area contributed by atoms with E-state index in [-0.39, 0.29) is 11.5 Å². The van der Waals surface area contributed by atoms with E-state index in [9.17, 15) is 9.59 Å². The molecule has 1 fully saturated rings. The minimum Gasteiger partial charge on any atom is -0.341 e. The predicted molar refractivity (Wildman–Crippen MR) is 96.8 cm³/mol. The van der Waals surface area contributed by atoms with Gasteiger partial charge >= 0.3 is 0 Å². The van der Waals surface area contributed by atoms with E-state index in [2.05, 4.69) is 20.0 Å². The second kappa shape index (κ2) is 6.72. The Kier molecular flexibility index (Phi) is 4.26. The van der Waals surface area contributed by atoms with Crippen LogP contribution >= 0.6 is 0 Å². The van der Waals surface area contributed by atoms with Crippen molar-refractivity contribution in [3.63, 3.8) is 0 Å². The third-order valence-electron chi connectivity index (χ3n) is 4.65. The van der Waals surface area contributed by atoms with E-state index in [1.54, 1.807) is 11.9 Å². The zero-order chi connectivity index (χ0) is 18.1. The van der Waals surface area contributed by atoms with Crippen molar-refractivity contribution in [1.82, 2.24) is 29.5 Å². The Morgan fingerprint density at radius 2 is 1.88 bits per heavy atom. The number of imidazole rings is 1. The van der Waals surface area contributed by atoms with E-state index in [1.807, 2.05) is 24.3 Å². The van der Waals surface area contributed by atoms with Crippen LogP contribution in [-0.4, -0.2) is 61.6 Å². The number of rotatable bonds is 3. The average Bonchev–Trinajstić information content (AvgIpc) is 3.06. The van der Waals surface area contributed by atoms with Crippen molar-refractivity contribution in [3.05, 3.63) is 58.3 Å². The van der Waals surface area contributed by atoms with Crippen LogP contribution in [0, 0.1) is 0 Å². The Morgan fingerprint density at radius 3 is 2.62 bits per heavy atom. The maximum absolute atomic E-state index is 12.6. The lowest BCUT2D eigenvalue weighted by molar-refractivity contribution is 0.0617. The summed E-state index contributed by atoms with van der Waals surface area (Å²) in [6, 6.07) is 10.8. The molecule has 0 unspecified atom stereocenters. The highest BCUT2D eigenvalue weighted by atomic mass is 16.2. The van der Waals surface area contributed by atoms with Crippen LogP contribution in [0.5, 0.6) is 0 Å². The van der Waals surface area contributed by atoms with Gasteiger partial charge in [0, 0.05) is 39.3 Å². The summed E-state index contributed by atoms with van der Waals surface area (Å²) in [5.41, 5.74) is 2.09. The monoisotopic (exact) mass is 352 g/mol. The predicted octanol–water partition coefficient (Wildman–Crippen LogP) is 0.615. The molecule has 0 spiro atoms. The van der Waals surface area contributed by atoms with Crippen LogP contribution in [-0.2, 0) is 13.6 Å². The SMILES string of the molecule is Cn1nc(C(=O)N2CCN(Cc3nc4ccccc4[nH]3)CC2)ccc1=O. The Labute approximate surface area is 150 Å². The number of benzene rings is 1. The van der Waals surface area contributed by atoms with Crippen molar-refractivity contribution < 1.29 is 4.79 Å². The second-order valence-corrected chi connectivity index (χ2v) is 6.45. The topological polar surface area (TPSA) is 87.1 Å². The van der Waals surface area contributed by atoms with Crippen LogP contribution < -0.4 is 5.56 Å². The first-order valence-corrected chi connectivity index (χ1v) is 8.60. The molecular formula is C18H20N6O2. The highest BCUT2D eigenvalue weighted by Gasteiger charge is 2.23. The van der Waals surface area contributed by atoms with Crippen LogP contribution in [0.4, 0.5) is 0 Å². The van der Waals surface area contributed by atoms with Gasteiger partial charge in [-0.1, -0.05) is 12.1 Å². The lowest BCUT2D eigenvalue weighted by atomic mass is 10.2. The quantitative estimate of drug-likeness (QED) is 0.746. The van der Waals surface area contributed by atoms with Gasteiger partial charge in [0.05, 0.1) is 17.6 Å². The van der Waals surface area contributed by atoms with E-state index in [1.165, 1.54) is 16.8 Å². The Balaban J connectivity index is 1.38. The molecule has 1 aromatic carbocycles. The van der Waals surface area contributed by atoms with Crippen molar-refractivity contribution in [1.29, 1.82) is 0 Å². The number of amides is 1. The summed E-state index contributed by atoms with van der Waals surface area (Å²) in [7, 11) is 1.55. The number of hydrogen-bond acceptors (Lipinski definition) is 5. The maximum atomic E-state index is 12.6. The third-order valence-corrected chi connectivity index (χ3v) is 4.65. The second-order valence-electron chi connectivity index (χ2n) is 6.45. The summed E-state index contributed by atoms with van der Waals surface area (Å²) in [5.74, 6) is 0.801. The normalized spacial score (nSPS) is 15.5. The summed E-state index contributed by atoms with van der Waals surface area (Å²) in [4.78, 5) is 36.0. The molecule has 0 atom stereocenters. The average molecular weight is 352 g/mol. The summed E-state index contributed by atoms with van der Waals surface area (Å²) in [6.07, 6.45) is 0. The van der Waals surface area contributed by atoms with E-state index in [0.29, 0.717) is 18.8 Å². The number of hydrogen-bond donors (Lipinski definition) is 1. The zero-order valence-corrected chi connectivity index (χ0v) is 14.6. The molecule has 134 valence electrons. The number of aromatic amines is 1. The molecule has 8 heteroatoms. The van der Waals surface area contributed by atoms with Gasteiger partial charge in [-0.05, 0) is 18.2 Å². The van der Waals surface area contributed by atoms with E-state index in [0.717, 1.165) is 36.5 Å². The summed E-state index contributed by atoms with van der Waals surface area (Å²) < 4.78 is 1.19. The molecule has 0 bridgehead atoms. The fourth-order valence-electron chi connectivity index (χ4n) is 3.18. The number of nitrogens with one attached hydrogen (secondary N) is 1. The van der Waals surface area contributed by atoms with Gasteiger partial charge in [-0.15, -0.1) is 0 Å². The van der Waals surface area contributed by atoms with Crippen LogP contribution in [0.15, 0.2) is 41.2 Å². The molecule has 1 aliphatic heterocycles. The lowest BCUT2D eigenvalue weighted by Crippen LogP contribution is -2.48. The number of nitrogens with zero attached hydrogens (tertiary/aromatic N) is 5. The molecule has 3 heterocycles. The van der Waals surface area contributed by atoms with Gasteiger partial charge in [0.25, 0.3) is 11.5 Å². The van der Waals surface area contributed by atoms with E-state index in [4.69, 9.17) is 0 Å². The summed E-state index contributed by atoms with van der Waals surface area (Å²) in [5, 5.41) is 4.04. The molecule has 1 N–H and O–H groups in total. The number of piperazine rings is 1. The molecule has 2 aromatic heterocycles. The highest BCUT2D eigenvalue weighted by molar-refractivity contribution is 5.92. The van der Waals surface area contributed by atoms with Crippen LogP contribution in [0.25, 0.3) is 11.0 Å². The molecule has 1 amide bonds. The largest absolute Gasteiger partial charge is 0.341 e. The number of carbonyl (C=O) groups excluding carboxylic acids is 1. The molecule has 0 aliphatic carbocycles. The van der Waals surface area contributed by atoms with Crippen molar-refractivity contribution >= 4 is 16.9 Å². The number of carbonyl (C=O) groups is 1. The lowest BCUT2D eigenvalue weighted by Gasteiger charge is -2.34. The van der Waals surface area contributed by atoms with Crippen molar-refractivity contribution in [2.45, 2.75) is 6.54 Å². The van der Waals surface area contributed by atoms with Crippen molar-refractivity contribution in [3.8, 4) is 0 Å². The van der Waals surface area contributed by atoms with Gasteiger partial charge in [-0.25, -0.2) is 9.67 Å². The zero-order valence-electron chi connectivity index (χ0n) is 14.6. The van der Waals surface area contributed by atoms with Gasteiger partial charge in [0.1, 0.15) is 11.5 Å². The molecule has 8 nitrogen and oxygen atoms in total. The van der Waals surface area contributed by atoms with Crippen LogP contribution in [0.1, 0.15) is 16.3 Å². The molecule has 4 rings (SSSR count). The van der Waals surface area contributed by atoms with Gasteiger partial charge in [-0.2, -0.15) is 5.10 Å². The van der Waals surface area contributed by atoms with Gasteiger partial charge < -0.3 is 9.88 Å².